The second-order valence-corrected chi connectivity index (χ2v) is 7.34. The number of benzene rings is 1. The van der Waals surface area contributed by atoms with Gasteiger partial charge >= 0.3 is 6.03 Å². The van der Waals surface area contributed by atoms with Gasteiger partial charge in [-0.25, -0.2) is 14.8 Å². The summed E-state index contributed by atoms with van der Waals surface area (Å²) >= 11 is 3.28. The molecule has 0 fully saturated rings. The molecular formula is C14H19N3O2S2. The molecule has 7 heteroatoms. The molecule has 0 aliphatic heterocycles. The van der Waals surface area contributed by atoms with Crippen molar-refractivity contribution in [3.63, 3.8) is 0 Å². The molecule has 0 saturated carbocycles. The van der Waals surface area contributed by atoms with Crippen molar-refractivity contribution in [2.75, 3.05) is 19.3 Å². The highest BCUT2D eigenvalue weighted by Gasteiger charge is 2.08. The standard InChI is InChI=1S/C14H19N3O2S2/c1-9(2)10-4-5-11-12(8-10)21-14(16-11)20-7-6-15-13(18)17(3)19/h4-5,8-9,19H,6-7H2,1-3H3,(H,15,18). The molecule has 0 aliphatic rings. The highest BCUT2D eigenvalue weighted by molar-refractivity contribution is 8.01. The van der Waals surface area contributed by atoms with Gasteiger partial charge < -0.3 is 5.32 Å². The molecule has 0 bridgehead atoms. The molecule has 0 spiro atoms. The van der Waals surface area contributed by atoms with E-state index in [0.717, 1.165) is 15.6 Å². The third-order valence-electron chi connectivity index (χ3n) is 2.96. The largest absolute Gasteiger partial charge is 0.340 e. The highest BCUT2D eigenvalue weighted by atomic mass is 32.2. The molecule has 2 rings (SSSR count). The lowest BCUT2D eigenvalue weighted by molar-refractivity contribution is -0.0180. The molecule has 1 aromatic carbocycles. The Morgan fingerprint density at radius 2 is 2.29 bits per heavy atom. The SMILES string of the molecule is CC(C)c1ccc2nc(SCCNC(=O)N(C)O)sc2c1. The van der Waals surface area contributed by atoms with Crippen molar-refractivity contribution in [3.05, 3.63) is 23.8 Å². The van der Waals surface area contributed by atoms with E-state index in [4.69, 9.17) is 5.21 Å². The van der Waals surface area contributed by atoms with Crippen LogP contribution in [0, 0.1) is 0 Å². The maximum atomic E-state index is 11.1. The van der Waals surface area contributed by atoms with E-state index in [1.54, 1.807) is 23.1 Å². The first-order chi connectivity index (χ1) is 9.97. The van der Waals surface area contributed by atoms with Crippen LogP contribution in [0.5, 0.6) is 0 Å². The molecular weight excluding hydrogens is 306 g/mol. The number of carbonyl (C=O) groups excluding carboxylic acids is 1. The van der Waals surface area contributed by atoms with E-state index in [0.29, 0.717) is 17.5 Å². The van der Waals surface area contributed by atoms with Crippen molar-refractivity contribution in [3.8, 4) is 0 Å². The fraction of sp³-hybridized carbons (Fsp3) is 0.429. The van der Waals surface area contributed by atoms with Crippen LogP contribution in [0.2, 0.25) is 0 Å². The summed E-state index contributed by atoms with van der Waals surface area (Å²) < 4.78 is 2.19. The molecule has 0 atom stereocenters. The van der Waals surface area contributed by atoms with Crippen LogP contribution in [-0.2, 0) is 0 Å². The normalized spacial score (nSPS) is 11.1. The summed E-state index contributed by atoms with van der Waals surface area (Å²) in [7, 11) is 1.29. The Kier molecular flexibility index (Phi) is 5.44. The molecule has 2 aromatic rings. The number of urea groups is 1. The lowest BCUT2D eigenvalue weighted by Gasteiger charge is -2.09. The van der Waals surface area contributed by atoms with Gasteiger partial charge in [0.05, 0.1) is 10.2 Å². The second kappa shape index (κ2) is 7.11. The minimum Gasteiger partial charge on any atom is -0.335 e. The van der Waals surface area contributed by atoms with Gasteiger partial charge in [0.25, 0.3) is 0 Å². The van der Waals surface area contributed by atoms with Crippen LogP contribution in [0.4, 0.5) is 4.79 Å². The van der Waals surface area contributed by atoms with Crippen LogP contribution >= 0.6 is 23.1 Å². The Bertz CT molecular complexity index is 626. The number of hydroxylamine groups is 2. The van der Waals surface area contributed by atoms with Crippen LogP contribution < -0.4 is 5.32 Å². The van der Waals surface area contributed by atoms with Crippen molar-refractivity contribution >= 4 is 39.3 Å². The Labute approximate surface area is 132 Å². The Morgan fingerprint density at radius 1 is 1.52 bits per heavy atom. The van der Waals surface area contributed by atoms with Gasteiger partial charge in [0.2, 0.25) is 0 Å². The minimum absolute atomic E-state index is 0.488. The summed E-state index contributed by atoms with van der Waals surface area (Å²) in [6, 6.07) is 5.89. The van der Waals surface area contributed by atoms with Gasteiger partial charge in [-0.2, -0.15) is 0 Å². The van der Waals surface area contributed by atoms with Gasteiger partial charge in [-0.3, -0.25) is 5.21 Å². The number of fused-ring (bicyclic) bond motifs is 1. The number of amides is 2. The fourth-order valence-electron chi connectivity index (χ4n) is 1.75. The predicted molar refractivity (Wildman–Crippen MR) is 87.4 cm³/mol. The predicted octanol–water partition coefficient (Wildman–Crippen LogP) is 3.54. The molecule has 1 aromatic heterocycles. The maximum Gasteiger partial charge on any atom is 0.340 e. The molecule has 114 valence electrons. The van der Waals surface area contributed by atoms with Gasteiger partial charge in [-0.1, -0.05) is 31.7 Å². The number of hydrogen-bond donors (Lipinski definition) is 2. The first-order valence-corrected chi connectivity index (χ1v) is 8.51. The smallest absolute Gasteiger partial charge is 0.335 e. The van der Waals surface area contributed by atoms with E-state index < -0.39 is 6.03 Å². The summed E-state index contributed by atoms with van der Waals surface area (Å²) in [5, 5.41) is 12.0. The summed E-state index contributed by atoms with van der Waals surface area (Å²) in [6.07, 6.45) is 0. The van der Waals surface area contributed by atoms with Crippen LogP contribution in [0.3, 0.4) is 0 Å². The van der Waals surface area contributed by atoms with Crippen molar-refractivity contribution in [2.24, 2.45) is 0 Å². The Morgan fingerprint density at radius 3 is 2.95 bits per heavy atom. The molecule has 0 aliphatic carbocycles. The third kappa shape index (κ3) is 4.33. The van der Waals surface area contributed by atoms with E-state index in [-0.39, 0.29) is 0 Å². The summed E-state index contributed by atoms with van der Waals surface area (Å²) in [5.74, 6) is 1.23. The molecule has 5 nitrogen and oxygen atoms in total. The average Bonchev–Trinajstić information content (AvgIpc) is 2.84. The summed E-state index contributed by atoms with van der Waals surface area (Å²) in [4.78, 5) is 15.7. The lowest BCUT2D eigenvalue weighted by Crippen LogP contribution is -2.36. The van der Waals surface area contributed by atoms with Gasteiger partial charge in [0, 0.05) is 19.3 Å². The van der Waals surface area contributed by atoms with Crippen molar-refractivity contribution in [1.82, 2.24) is 15.4 Å². The highest BCUT2D eigenvalue weighted by Crippen LogP contribution is 2.31. The van der Waals surface area contributed by atoms with E-state index in [2.05, 4.69) is 42.3 Å². The van der Waals surface area contributed by atoms with Crippen molar-refractivity contribution in [1.29, 1.82) is 0 Å². The first kappa shape index (κ1) is 16.1. The number of thioether (sulfide) groups is 1. The van der Waals surface area contributed by atoms with Crippen LogP contribution in [0.1, 0.15) is 25.3 Å². The third-order valence-corrected chi connectivity index (χ3v) is 5.12. The molecule has 2 N–H and O–H groups in total. The number of thiazole rings is 1. The summed E-state index contributed by atoms with van der Waals surface area (Å²) in [6.45, 7) is 4.85. The molecule has 2 amide bonds. The van der Waals surface area contributed by atoms with Crippen LogP contribution in [0.25, 0.3) is 10.2 Å². The van der Waals surface area contributed by atoms with E-state index >= 15 is 0 Å². The van der Waals surface area contributed by atoms with Crippen LogP contribution in [0.15, 0.2) is 22.5 Å². The monoisotopic (exact) mass is 325 g/mol. The van der Waals surface area contributed by atoms with Gasteiger partial charge in [0.1, 0.15) is 0 Å². The molecule has 1 heterocycles. The average molecular weight is 325 g/mol. The number of hydrogen-bond acceptors (Lipinski definition) is 5. The fourth-order valence-corrected chi connectivity index (χ4v) is 3.79. The zero-order chi connectivity index (χ0) is 15.4. The zero-order valence-corrected chi connectivity index (χ0v) is 13.9. The van der Waals surface area contributed by atoms with Gasteiger partial charge in [-0.05, 0) is 23.6 Å². The molecule has 21 heavy (non-hydrogen) atoms. The van der Waals surface area contributed by atoms with E-state index in [1.165, 1.54) is 17.3 Å². The van der Waals surface area contributed by atoms with Crippen LogP contribution in [-0.4, -0.2) is 40.6 Å². The maximum absolute atomic E-state index is 11.1. The number of rotatable bonds is 5. The van der Waals surface area contributed by atoms with Crippen molar-refractivity contribution < 1.29 is 10.0 Å². The van der Waals surface area contributed by atoms with Gasteiger partial charge in [-0.15, -0.1) is 11.3 Å². The first-order valence-electron chi connectivity index (χ1n) is 6.71. The second-order valence-electron chi connectivity index (χ2n) is 4.97. The topological polar surface area (TPSA) is 65.5 Å². The molecule has 0 radical (unpaired) electrons. The Hall–Kier alpha value is -1.31. The minimum atomic E-state index is -0.499. The number of carbonyl (C=O) groups is 1. The Balaban J connectivity index is 1.92. The molecule has 0 unspecified atom stereocenters. The van der Waals surface area contributed by atoms with Gasteiger partial charge in [0.15, 0.2) is 4.34 Å². The van der Waals surface area contributed by atoms with Crippen molar-refractivity contribution in [2.45, 2.75) is 24.1 Å². The summed E-state index contributed by atoms with van der Waals surface area (Å²) in [5.41, 5.74) is 2.34. The van der Waals surface area contributed by atoms with E-state index in [1.807, 2.05) is 0 Å². The number of nitrogens with one attached hydrogen (secondary N) is 1. The molecule has 0 saturated heterocycles. The van der Waals surface area contributed by atoms with E-state index in [9.17, 15) is 4.79 Å². The number of nitrogens with zero attached hydrogens (tertiary/aromatic N) is 2. The zero-order valence-electron chi connectivity index (χ0n) is 12.3. The quantitative estimate of drug-likeness (QED) is 0.382. The number of aromatic nitrogens is 1. The lowest BCUT2D eigenvalue weighted by atomic mass is 10.0.